The molecule has 0 unspecified atom stereocenters. The van der Waals surface area contributed by atoms with Crippen LogP contribution in [0.25, 0.3) is 0 Å². The van der Waals surface area contributed by atoms with Gasteiger partial charge < -0.3 is 20.0 Å². The smallest absolute Gasteiger partial charge is 0.253 e. The average Bonchev–Trinajstić information content (AvgIpc) is 3.07. The van der Waals surface area contributed by atoms with Crippen molar-refractivity contribution in [2.24, 2.45) is 0 Å². The zero-order chi connectivity index (χ0) is 24.5. The van der Waals surface area contributed by atoms with Gasteiger partial charge in [-0.3, -0.25) is 14.4 Å². The maximum atomic E-state index is 13.7. The van der Waals surface area contributed by atoms with Gasteiger partial charge in [0.15, 0.2) is 0 Å². The van der Waals surface area contributed by atoms with E-state index in [0.717, 1.165) is 5.69 Å². The molecule has 0 saturated carbocycles. The SMILES string of the molecule is CC(C)NC(=O)CN1CN(c2ccccc2)C2(CCN(C(=O)c3ccc(Cl)c(Cl)c3)CC2)C1=O. The van der Waals surface area contributed by atoms with Crippen molar-refractivity contribution >= 4 is 46.6 Å². The van der Waals surface area contributed by atoms with Crippen LogP contribution in [0.15, 0.2) is 48.5 Å². The van der Waals surface area contributed by atoms with Crippen LogP contribution in [0.2, 0.25) is 10.0 Å². The van der Waals surface area contributed by atoms with Crippen LogP contribution in [0.5, 0.6) is 0 Å². The van der Waals surface area contributed by atoms with Crippen molar-refractivity contribution in [1.82, 2.24) is 15.1 Å². The number of anilines is 1. The summed E-state index contributed by atoms with van der Waals surface area (Å²) in [6.07, 6.45) is 0.937. The Bertz CT molecular complexity index is 1080. The topological polar surface area (TPSA) is 73.0 Å². The van der Waals surface area contributed by atoms with Crippen LogP contribution in [0.3, 0.4) is 0 Å². The van der Waals surface area contributed by atoms with E-state index in [0.29, 0.717) is 48.2 Å². The van der Waals surface area contributed by atoms with Crippen LogP contribution >= 0.6 is 23.2 Å². The number of rotatable bonds is 5. The number of carbonyl (C=O) groups excluding carboxylic acids is 3. The van der Waals surface area contributed by atoms with Gasteiger partial charge in [-0.25, -0.2) is 0 Å². The molecule has 0 atom stereocenters. The Morgan fingerprint density at radius 3 is 2.32 bits per heavy atom. The van der Waals surface area contributed by atoms with Crippen LogP contribution in [0.4, 0.5) is 5.69 Å². The molecule has 2 aliphatic rings. The third kappa shape index (κ3) is 4.72. The second-order valence-electron chi connectivity index (χ2n) is 9.08. The molecule has 9 heteroatoms. The van der Waals surface area contributed by atoms with Gasteiger partial charge in [0.1, 0.15) is 12.1 Å². The molecule has 2 fully saturated rings. The predicted octanol–water partition coefficient (Wildman–Crippen LogP) is 3.80. The minimum Gasteiger partial charge on any atom is -0.352 e. The first-order valence-electron chi connectivity index (χ1n) is 11.4. The standard InChI is InChI=1S/C25H28Cl2N4O3/c1-17(2)28-22(32)15-30-16-31(19-6-4-3-5-7-19)25(24(30)34)10-12-29(13-11-25)23(33)18-8-9-20(26)21(27)14-18/h3-9,14,17H,10-13,15-16H2,1-2H3,(H,28,32). The molecule has 2 aromatic rings. The van der Waals surface area contributed by atoms with E-state index in [4.69, 9.17) is 23.2 Å². The first-order chi connectivity index (χ1) is 16.2. The molecule has 1 spiro atoms. The Hall–Kier alpha value is -2.77. The van der Waals surface area contributed by atoms with Crippen molar-refractivity contribution in [3.05, 3.63) is 64.1 Å². The fourth-order valence-corrected chi connectivity index (χ4v) is 5.05. The number of nitrogens with one attached hydrogen (secondary N) is 1. The largest absolute Gasteiger partial charge is 0.352 e. The number of likely N-dealkylation sites (tertiary alicyclic amines) is 1. The summed E-state index contributed by atoms with van der Waals surface area (Å²) in [7, 11) is 0. The number of amides is 3. The number of para-hydroxylation sites is 1. The summed E-state index contributed by atoms with van der Waals surface area (Å²) < 4.78 is 0. The van der Waals surface area contributed by atoms with Crippen molar-refractivity contribution in [2.75, 3.05) is 31.2 Å². The zero-order valence-electron chi connectivity index (χ0n) is 19.3. The minimum absolute atomic E-state index is 0.0000130. The summed E-state index contributed by atoms with van der Waals surface area (Å²) in [6.45, 7) is 4.95. The summed E-state index contributed by atoms with van der Waals surface area (Å²) >= 11 is 12.1. The molecular formula is C25H28Cl2N4O3. The van der Waals surface area contributed by atoms with Gasteiger partial charge in [0.25, 0.3) is 11.8 Å². The van der Waals surface area contributed by atoms with Crippen molar-refractivity contribution in [2.45, 2.75) is 38.3 Å². The van der Waals surface area contributed by atoms with Gasteiger partial charge in [-0.1, -0.05) is 41.4 Å². The summed E-state index contributed by atoms with van der Waals surface area (Å²) in [5.74, 6) is -0.393. The number of benzene rings is 2. The van der Waals surface area contributed by atoms with Crippen LogP contribution in [0, 0.1) is 0 Å². The van der Waals surface area contributed by atoms with Crippen molar-refractivity contribution in [1.29, 1.82) is 0 Å². The minimum atomic E-state index is -0.798. The van der Waals surface area contributed by atoms with Gasteiger partial charge in [0.05, 0.1) is 16.7 Å². The number of piperidine rings is 1. The fourth-order valence-electron chi connectivity index (χ4n) is 4.75. The normalized spacial score (nSPS) is 17.6. The van der Waals surface area contributed by atoms with Gasteiger partial charge in [-0.2, -0.15) is 0 Å². The van der Waals surface area contributed by atoms with Crippen LogP contribution < -0.4 is 10.2 Å². The van der Waals surface area contributed by atoms with Crippen LogP contribution in [0.1, 0.15) is 37.0 Å². The first kappa shape index (κ1) is 24.4. The highest BCUT2D eigenvalue weighted by atomic mass is 35.5. The second-order valence-corrected chi connectivity index (χ2v) is 9.90. The van der Waals surface area contributed by atoms with Crippen LogP contribution in [-0.4, -0.2) is 65.4 Å². The van der Waals surface area contributed by atoms with Gasteiger partial charge in [-0.15, -0.1) is 0 Å². The van der Waals surface area contributed by atoms with Crippen molar-refractivity contribution in [3.8, 4) is 0 Å². The lowest BCUT2D eigenvalue weighted by molar-refractivity contribution is -0.137. The summed E-state index contributed by atoms with van der Waals surface area (Å²) in [5.41, 5.74) is 0.593. The second kappa shape index (κ2) is 9.84. The summed E-state index contributed by atoms with van der Waals surface area (Å²) in [6, 6.07) is 14.6. The Morgan fingerprint density at radius 2 is 1.71 bits per heavy atom. The molecule has 0 aromatic heterocycles. The maximum absolute atomic E-state index is 13.7. The van der Waals surface area contributed by atoms with Gasteiger partial charge in [0.2, 0.25) is 5.91 Å². The molecule has 2 heterocycles. The number of nitrogens with zero attached hydrogens (tertiary/aromatic N) is 3. The molecule has 1 N–H and O–H groups in total. The molecular weight excluding hydrogens is 475 g/mol. The quantitative estimate of drug-likeness (QED) is 0.674. The van der Waals surface area contributed by atoms with Gasteiger partial charge in [-0.05, 0) is 57.0 Å². The van der Waals surface area contributed by atoms with Crippen molar-refractivity contribution < 1.29 is 14.4 Å². The van der Waals surface area contributed by atoms with E-state index < -0.39 is 5.54 Å². The lowest BCUT2D eigenvalue weighted by atomic mass is 9.85. The molecule has 0 aliphatic carbocycles. The monoisotopic (exact) mass is 502 g/mol. The molecule has 34 heavy (non-hydrogen) atoms. The molecule has 4 rings (SSSR count). The van der Waals surface area contributed by atoms with Crippen molar-refractivity contribution in [3.63, 3.8) is 0 Å². The molecule has 2 aliphatic heterocycles. The molecule has 3 amide bonds. The Labute approximate surface area is 209 Å². The van der Waals surface area contributed by atoms with E-state index >= 15 is 0 Å². The lowest BCUT2D eigenvalue weighted by Crippen LogP contribution is -2.57. The van der Waals surface area contributed by atoms with E-state index in [-0.39, 0.29) is 30.3 Å². The Kier molecular flexibility index (Phi) is 7.05. The Balaban J connectivity index is 1.55. The third-order valence-corrected chi connectivity index (χ3v) is 7.15. The number of carbonyl (C=O) groups is 3. The lowest BCUT2D eigenvalue weighted by Gasteiger charge is -2.43. The highest BCUT2D eigenvalue weighted by Gasteiger charge is 2.54. The van der Waals surface area contributed by atoms with E-state index in [2.05, 4.69) is 10.2 Å². The molecule has 2 aromatic carbocycles. The molecule has 180 valence electrons. The highest BCUT2D eigenvalue weighted by molar-refractivity contribution is 6.42. The number of hydrogen-bond donors (Lipinski definition) is 1. The zero-order valence-corrected chi connectivity index (χ0v) is 20.8. The molecule has 2 saturated heterocycles. The van der Waals surface area contributed by atoms with Gasteiger partial charge >= 0.3 is 0 Å². The van der Waals surface area contributed by atoms with E-state index in [1.807, 2.05) is 44.2 Å². The summed E-state index contributed by atoms with van der Waals surface area (Å²) in [5, 5.41) is 3.59. The van der Waals surface area contributed by atoms with E-state index in [1.165, 1.54) is 0 Å². The van der Waals surface area contributed by atoms with Crippen LogP contribution in [-0.2, 0) is 9.59 Å². The fraction of sp³-hybridized carbons (Fsp3) is 0.400. The predicted molar refractivity (Wildman–Crippen MR) is 133 cm³/mol. The molecule has 0 radical (unpaired) electrons. The number of hydrogen-bond acceptors (Lipinski definition) is 4. The van der Waals surface area contributed by atoms with E-state index in [9.17, 15) is 14.4 Å². The van der Waals surface area contributed by atoms with Gasteiger partial charge in [0, 0.05) is 30.4 Å². The van der Waals surface area contributed by atoms with E-state index in [1.54, 1.807) is 28.0 Å². The highest BCUT2D eigenvalue weighted by Crippen LogP contribution is 2.39. The first-order valence-corrected chi connectivity index (χ1v) is 12.1. The molecule has 0 bridgehead atoms. The summed E-state index contributed by atoms with van der Waals surface area (Å²) in [4.78, 5) is 44.6. The maximum Gasteiger partial charge on any atom is 0.253 e. The Morgan fingerprint density at radius 1 is 1.03 bits per heavy atom. The number of halogens is 2. The average molecular weight is 503 g/mol. The molecule has 7 nitrogen and oxygen atoms in total. The third-order valence-electron chi connectivity index (χ3n) is 6.41.